The van der Waals surface area contributed by atoms with Crippen LogP contribution in [0.4, 0.5) is 0 Å². The maximum Gasteiger partial charge on any atom is 0.0870 e. The lowest BCUT2D eigenvalue weighted by atomic mass is 10.2. The number of aliphatic imine (C=N–C) groups is 1. The molecule has 15 heavy (non-hydrogen) atoms. The molecule has 0 aliphatic heterocycles. The summed E-state index contributed by atoms with van der Waals surface area (Å²) in [6.07, 6.45) is 0.907. The van der Waals surface area contributed by atoms with E-state index in [-0.39, 0.29) is 12.4 Å². The molecule has 0 spiro atoms. The molecular formula is C10H10Cl3NO. The minimum atomic E-state index is -0.635. The number of benzene rings is 1. The van der Waals surface area contributed by atoms with E-state index in [2.05, 4.69) is 4.99 Å². The van der Waals surface area contributed by atoms with Crippen molar-refractivity contribution in [3.05, 3.63) is 33.8 Å². The molecule has 0 fully saturated rings. The second-order valence-electron chi connectivity index (χ2n) is 2.94. The summed E-state index contributed by atoms with van der Waals surface area (Å²) < 4.78 is 0. The topological polar surface area (TPSA) is 32.6 Å². The molecule has 0 heterocycles. The highest BCUT2D eigenvalue weighted by Crippen LogP contribution is 2.22. The second kappa shape index (κ2) is 6.33. The molecule has 1 unspecified atom stereocenters. The van der Waals surface area contributed by atoms with Crippen molar-refractivity contribution in [3.8, 4) is 0 Å². The van der Waals surface area contributed by atoms with E-state index in [1.54, 1.807) is 24.4 Å². The molecule has 0 saturated heterocycles. The smallest absolute Gasteiger partial charge is 0.0870 e. The number of halogens is 3. The van der Waals surface area contributed by atoms with Crippen molar-refractivity contribution in [2.45, 2.75) is 6.10 Å². The number of hydrogen-bond donors (Lipinski definition) is 1. The summed E-state index contributed by atoms with van der Waals surface area (Å²) in [6, 6.07) is 5.22. The molecule has 82 valence electrons. The van der Waals surface area contributed by atoms with Crippen LogP contribution in [0.25, 0.3) is 0 Å². The molecule has 1 atom stereocenters. The summed E-state index contributed by atoms with van der Waals surface area (Å²) in [7, 11) is 0. The molecule has 0 aromatic heterocycles. The molecule has 1 rings (SSSR count). The normalized spacial score (nSPS) is 13.3. The fourth-order valence-corrected chi connectivity index (χ4v) is 1.54. The van der Waals surface area contributed by atoms with Gasteiger partial charge in [0.25, 0.3) is 0 Å². The molecule has 1 N–H and O–H groups in total. The largest absolute Gasteiger partial charge is 0.390 e. The van der Waals surface area contributed by atoms with Gasteiger partial charge < -0.3 is 5.11 Å². The predicted octanol–water partition coefficient (Wildman–Crippen LogP) is 3.01. The van der Waals surface area contributed by atoms with E-state index in [1.807, 2.05) is 0 Å². The van der Waals surface area contributed by atoms with Gasteiger partial charge in [-0.1, -0.05) is 29.3 Å². The monoisotopic (exact) mass is 265 g/mol. The molecule has 0 aliphatic rings. The van der Waals surface area contributed by atoms with E-state index in [0.717, 1.165) is 0 Å². The highest BCUT2D eigenvalue weighted by molar-refractivity contribution is 6.38. The first kappa shape index (κ1) is 12.8. The molecule has 0 aliphatic carbocycles. The lowest BCUT2D eigenvalue weighted by Gasteiger charge is -2.02. The van der Waals surface area contributed by atoms with Crippen LogP contribution < -0.4 is 0 Å². The van der Waals surface area contributed by atoms with E-state index in [4.69, 9.17) is 39.9 Å². The predicted molar refractivity (Wildman–Crippen MR) is 65.6 cm³/mol. The lowest BCUT2D eigenvalue weighted by molar-refractivity contribution is 0.207. The zero-order valence-corrected chi connectivity index (χ0v) is 10.1. The third-order valence-corrected chi connectivity index (χ3v) is 2.73. The molecule has 0 amide bonds. The van der Waals surface area contributed by atoms with Crippen molar-refractivity contribution >= 4 is 41.0 Å². The molecule has 0 bridgehead atoms. The molecular weight excluding hydrogens is 256 g/mol. The lowest BCUT2D eigenvalue weighted by Crippen LogP contribution is -2.12. The van der Waals surface area contributed by atoms with Gasteiger partial charge >= 0.3 is 0 Å². The van der Waals surface area contributed by atoms with Gasteiger partial charge in [-0.05, 0) is 12.1 Å². The van der Waals surface area contributed by atoms with Crippen LogP contribution in [0.2, 0.25) is 10.0 Å². The third-order valence-electron chi connectivity index (χ3n) is 1.71. The first-order valence-corrected chi connectivity index (χ1v) is 5.62. The molecule has 1 aromatic rings. The number of nitrogens with zero attached hydrogens (tertiary/aromatic N) is 1. The Morgan fingerprint density at radius 1 is 1.33 bits per heavy atom. The summed E-state index contributed by atoms with van der Waals surface area (Å²) in [5.74, 6) is 0.160. The minimum absolute atomic E-state index is 0.160. The Labute approximate surface area is 103 Å². The van der Waals surface area contributed by atoms with Crippen LogP contribution in [0, 0.1) is 0 Å². The minimum Gasteiger partial charge on any atom is -0.390 e. The standard InChI is InChI=1S/C10H10Cl3NO/c11-4-7(15)5-14-6-8-9(12)2-1-3-10(8)13/h1-3,6-7,15H,4-5H2. The van der Waals surface area contributed by atoms with Crippen molar-refractivity contribution in [3.63, 3.8) is 0 Å². The quantitative estimate of drug-likeness (QED) is 0.659. The summed E-state index contributed by atoms with van der Waals surface area (Å²) >= 11 is 17.2. The van der Waals surface area contributed by atoms with Crippen LogP contribution in [0.3, 0.4) is 0 Å². The highest BCUT2D eigenvalue weighted by atomic mass is 35.5. The van der Waals surface area contributed by atoms with Gasteiger partial charge in [-0.25, -0.2) is 0 Å². The van der Waals surface area contributed by atoms with Crippen LogP contribution in [-0.4, -0.2) is 29.8 Å². The van der Waals surface area contributed by atoms with Crippen molar-refractivity contribution in [1.29, 1.82) is 0 Å². The first-order chi connectivity index (χ1) is 7.15. The van der Waals surface area contributed by atoms with Gasteiger partial charge in [0.1, 0.15) is 0 Å². The van der Waals surface area contributed by atoms with Crippen LogP contribution >= 0.6 is 34.8 Å². The van der Waals surface area contributed by atoms with Gasteiger partial charge in [0, 0.05) is 11.8 Å². The van der Waals surface area contributed by atoms with Crippen LogP contribution in [-0.2, 0) is 0 Å². The SMILES string of the molecule is OC(CCl)CN=Cc1c(Cl)cccc1Cl. The molecule has 0 saturated carbocycles. The Bertz CT molecular complexity index is 334. The van der Waals surface area contributed by atoms with Gasteiger partial charge in [-0.3, -0.25) is 4.99 Å². The number of rotatable bonds is 4. The van der Waals surface area contributed by atoms with Gasteiger partial charge in [0.2, 0.25) is 0 Å². The average Bonchev–Trinajstić information content (AvgIpc) is 2.22. The van der Waals surface area contributed by atoms with E-state index >= 15 is 0 Å². The van der Waals surface area contributed by atoms with Crippen LogP contribution in [0.15, 0.2) is 23.2 Å². The summed E-state index contributed by atoms with van der Waals surface area (Å²) in [5.41, 5.74) is 0.655. The number of alkyl halides is 1. The molecule has 5 heteroatoms. The summed E-state index contributed by atoms with van der Waals surface area (Å²) in [4.78, 5) is 4.01. The maximum absolute atomic E-state index is 9.16. The van der Waals surface area contributed by atoms with Gasteiger partial charge in [0.05, 0.1) is 28.6 Å². The van der Waals surface area contributed by atoms with Crippen molar-refractivity contribution in [1.82, 2.24) is 0 Å². The molecule has 1 aromatic carbocycles. The summed E-state index contributed by atoms with van der Waals surface area (Å²) in [6.45, 7) is 0.241. The van der Waals surface area contributed by atoms with E-state index in [1.165, 1.54) is 0 Å². The van der Waals surface area contributed by atoms with E-state index in [0.29, 0.717) is 15.6 Å². The maximum atomic E-state index is 9.16. The van der Waals surface area contributed by atoms with E-state index < -0.39 is 6.10 Å². The fourth-order valence-electron chi connectivity index (χ4n) is 0.949. The van der Waals surface area contributed by atoms with Crippen molar-refractivity contribution in [2.24, 2.45) is 4.99 Å². The third kappa shape index (κ3) is 3.99. The number of hydrogen-bond acceptors (Lipinski definition) is 2. The zero-order valence-electron chi connectivity index (χ0n) is 7.83. The van der Waals surface area contributed by atoms with E-state index in [9.17, 15) is 0 Å². The molecule has 0 radical (unpaired) electrons. The van der Waals surface area contributed by atoms with Crippen LogP contribution in [0.1, 0.15) is 5.56 Å². The number of aliphatic hydroxyl groups excluding tert-OH is 1. The second-order valence-corrected chi connectivity index (χ2v) is 4.06. The highest BCUT2D eigenvalue weighted by Gasteiger charge is 2.03. The summed E-state index contributed by atoms with van der Waals surface area (Å²) in [5, 5.41) is 10.2. The Hall–Kier alpha value is -0.280. The Morgan fingerprint density at radius 3 is 2.47 bits per heavy atom. The fraction of sp³-hybridized carbons (Fsp3) is 0.300. The van der Waals surface area contributed by atoms with Gasteiger partial charge in [-0.2, -0.15) is 0 Å². The van der Waals surface area contributed by atoms with Gasteiger partial charge in [-0.15, -0.1) is 11.6 Å². The Balaban J connectivity index is 2.72. The van der Waals surface area contributed by atoms with Crippen molar-refractivity contribution < 1.29 is 5.11 Å². The number of aliphatic hydroxyl groups is 1. The van der Waals surface area contributed by atoms with Gasteiger partial charge in [0.15, 0.2) is 0 Å². The first-order valence-electron chi connectivity index (χ1n) is 4.33. The zero-order chi connectivity index (χ0) is 11.3. The average molecular weight is 267 g/mol. The Morgan fingerprint density at radius 2 is 1.93 bits per heavy atom. The van der Waals surface area contributed by atoms with Crippen LogP contribution in [0.5, 0.6) is 0 Å². The molecule has 2 nitrogen and oxygen atoms in total. The van der Waals surface area contributed by atoms with Crippen molar-refractivity contribution in [2.75, 3.05) is 12.4 Å². The Kier molecular flexibility index (Phi) is 5.40.